The number of aliphatic imine (C=N–C) groups is 1. The molecule has 0 saturated heterocycles. The van der Waals surface area contributed by atoms with Gasteiger partial charge in [-0.1, -0.05) is 89.7 Å². The molecule has 0 bridgehead atoms. The number of amidine groups is 1. The number of carboxylic acid groups (broad SMARTS) is 1. The van der Waals surface area contributed by atoms with Gasteiger partial charge < -0.3 is 10.8 Å². The van der Waals surface area contributed by atoms with Gasteiger partial charge in [0.1, 0.15) is 12.7 Å². The van der Waals surface area contributed by atoms with Gasteiger partial charge in [-0.15, -0.1) is 0 Å². The Morgan fingerprint density at radius 3 is 1.97 bits per heavy atom. The van der Waals surface area contributed by atoms with Gasteiger partial charge in [0.15, 0.2) is 6.54 Å². The van der Waals surface area contributed by atoms with E-state index in [-0.39, 0.29) is 6.54 Å². The zero-order valence-corrected chi connectivity index (χ0v) is 20.8. The normalized spacial score (nSPS) is 18.0. The summed E-state index contributed by atoms with van der Waals surface area (Å²) in [6.07, 6.45) is 30.3. The number of allylic oxidation sites excluding steroid dienone is 2. The summed E-state index contributed by atoms with van der Waals surface area (Å²) in [5.41, 5.74) is 5.73. The van der Waals surface area contributed by atoms with Crippen LogP contribution in [0.5, 0.6) is 0 Å². The molecule has 1 aliphatic heterocycles. The number of rotatable bonds is 22. The fraction of sp³-hybridized carbons (Fsp3) is 0.778. The van der Waals surface area contributed by atoms with Gasteiger partial charge in [-0.25, -0.2) is 14.3 Å². The SMILES string of the molecule is CCCCC/C=C/CCCCCCCCCCCCCC1=NC=C[N+]1(CCN)CC(=O)O. The van der Waals surface area contributed by atoms with Gasteiger partial charge in [-0.05, 0) is 32.1 Å². The van der Waals surface area contributed by atoms with E-state index < -0.39 is 5.97 Å². The van der Waals surface area contributed by atoms with E-state index in [0.29, 0.717) is 17.6 Å². The van der Waals surface area contributed by atoms with Crippen molar-refractivity contribution in [3.63, 3.8) is 0 Å². The van der Waals surface area contributed by atoms with Crippen LogP contribution in [-0.4, -0.2) is 41.0 Å². The Morgan fingerprint density at radius 1 is 0.906 bits per heavy atom. The second-order valence-electron chi connectivity index (χ2n) is 9.34. The monoisotopic (exact) mass is 448 g/mol. The summed E-state index contributed by atoms with van der Waals surface area (Å²) in [6, 6.07) is 0. The molecule has 0 radical (unpaired) electrons. The van der Waals surface area contributed by atoms with Crippen molar-refractivity contribution >= 4 is 11.8 Å². The zero-order chi connectivity index (χ0) is 23.3. The van der Waals surface area contributed by atoms with Crippen LogP contribution in [0.3, 0.4) is 0 Å². The summed E-state index contributed by atoms with van der Waals surface area (Å²) in [7, 11) is 0. The smallest absolute Gasteiger partial charge is 0.360 e. The molecule has 0 saturated carbocycles. The van der Waals surface area contributed by atoms with Gasteiger partial charge in [-0.2, -0.15) is 0 Å². The number of aliphatic carboxylic acids is 1. The van der Waals surface area contributed by atoms with Crippen LogP contribution in [0.2, 0.25) is 0 Å². The number of quaternary nitrogens is 1. The van der Waals surface area contributed by atoms with Gasteiger partial charge in [0.25, 0.3) is 0 Å². The van der Waals surface area contributed by atoms with Crippen LogP contribution < -0.4 is 5.73 Å². The molecule has 1 atom stereocenters. The number of carbonyl (C=O) groups is 1. The molecule has 1 rings (SSSR count). The Labute approximate surface area is 197 Å². The Balaban J connectivity index is 1.93. The highest BCUT2D eigenvalue weighted by molar-refractivity contribution is 5.81. The maximum atomic E-state index is 11.3. The van der Waals surface area contributed by atoms with E-state index in [1.54, 1.807) is 6.20 Å². The topological polar surface area (TPSA) is 75.7 Å². The predicted octanol–water partition coefficient (Wildman–Crippen LogP) is 6.94. The third-order valence-corrected chi connectivity index (χ3v) is 6.45. The third-order valence-electron chi connectivity index (χ3n) is 6.45. The Kier molecular flexibility index (Phi) is 17.0. The largest absolute Gasteiger partial charge is 0.477 e. The molecule has 184 valence electrons. The van der Waals surface area contributed by atoms with E-state index in [4.69, 9.17) is 5.73 Å². The lowest BCUT2D eigenvalue weighted by Crippen LogP contribution is -2.52. The molecule has 0 fully saturated rings. The van der Waals surface area contributed by atoms with Crippen molar-refractivity contribution < 1.29 is 14.4 Å². The third kappa shape index (κ3) is 13.2. The number of hydrogen-bond donors (Lipinski definition) is 2. The average Bonchev–Trinajstić information content (AvgIpc) is 3.14. The van der Waals surface area contributed by atoms with Crippen molar-refractivity contribution in [2.75, 3.05) is 19.6 Å². The first-order chi connectivity index (χ1) is 15.6. The average molecular weight is 449 g/mol. The fourth-order valence-electron chi connectivity index (χ4n) is 4.52. The van der Waals surface area contributed by atoms with Crippen molar-refractivity contribution in [3.05, 3.63) is 24.6 Å². The van der Waals surface area contributed by atoms with Crippen LogP contribution >= 0.6 is 0 Å². The molecule has 0 aliphatic carbocycles. The van der Waals surface area contributed by atoms with Crippen LogP contribution in [0.1, 0.15) is 116 Å². The summed E-state index contributed by atoms with van der Waals surface area (Å²) >= 11 is 0. The highest BCUT2D eigenvalue weighted by Gasteiger charge is 2.36. The summed E-state index contributed by atoms with van der Waals surface area (Å²) < 4.78 is 0.307. The minimum absolute atomic E-state index is 0.0439. The van der Waals surface area contributed by atoms with Gasteiger partial charge in [0.05, 0.1) is 6.20 Å². The predicted molar refractivity (Wildman–Crippen MR) is 137 cm³/mol. The first kappa shape index (κ1) is 28.6. The molecule has 32 heavy (non-hydrogen) atoms. The van der Waals surface area contributed by atoms with E-state index in [9.17, 15) is 9.90 Å². The summed E-state index contributed by atoms with van der Waals surface area (Å²) in [6.45, 7) is 3.38. The number of unbranched alkanes of at least 4 members (excludes halogenated alkanes) is 14. The highest BCUT2D eigenvalue weighted by Crippen LogP contribution is 2.21. The lowest BCUT2D eigenvalue weighted by molar-refractivity contribution is -0.778. The molecule has 1 aliphatic rings. The number of hydrogen-bond acceptors (Lipinski definition) is 3. The quantitative estimate of drug-likeness (QED) is 0.107. The fourth-order valence-corrected chi connectivity index (χ4v) is 4.52. The molecule has 1 unspecified atom stereocenters. The lowest BCUT2D eigenvalue weighted by atomic mass is 10.0. The van der Waals surface area contributed by atoms with Crippen LogP contribution in [0.15, 0.2) is 29.5 Å². The summed E-state index contributed by atoms with van der Waals surface area (Å²) in [5, 5.41) is 9.26. The molecule has 0 spiro atoms. The van der Waals surface area contributed by atoms with Gasteiger partial charge in [0, 0.05) is 13.0 Å². The summed E-state index contributed by atoms with van der Waals surface area (Å²) in [5.74, 6) is 0.164. The van der Waals surface area contributed by atoms with Gasteiger partial charge >= 0.3 is 5.97 Å². The molecular weight excluding hydrogens is 398 g/mol. The van der Waals surface area contributed by atoms with Crippen molar-refractivity contribution in [1.82, 2.24) is 0 Å². The van der Waals surface area contributed by atoms with Crippen LogP contribution in [0, 0.1) is 0 Å². The minimum atomic E-state index is -0.799. The van der Waals surface area contributed by atoms with Gasteiger partial charge in [-0.3, -0.25) is 0 Å². The first-order valence-electron chi connectivity index (χ1n) is 13.3. The zero-order valence-electron chi connectivity index (χ0n) is 20.8. The lowest BCUT2D eigenvalue weighted by Gasteiger charge is -2.30. The second-order valence-corrected chi connectivity index (χ2v) is 9.34. The van der Waals surface area contributed by atoms with E-state index in [2.05, 4.69) is 24.1 Å². The standard InChI is InChI=1S/C27H49N3O2/c1-2-3-4-5-6-7-8-9-10-11-12-13-14-15-16-17-18-19-20-26-29-22-24-30(26,23-21-28)25-27(31)32/h6-7,22,24H,2-5,8-21,23,25,28H2,1H3/p+1/b7-6+. The van der Waals surface area contributed by atoms with Gasteiger partial charge in [0.2, 0.25) is 5.84 Å². The first-order valence-corrected chi connectivity index (χ1v) is 13.3. The second kappa shape index (κ2) is 19.0. The van der Waals surface area contributed by atoms with Crippen molar-refractivity contribution in [1.29, 1.82) is 0 Å². The van der Waals surface area contributed by atoms with E-state index >= 15 is 0 Å². The number of nitrogens with two attached hydrogens (primary N) is 1. The molecule has 0 amide bonds. The maximum Gasteiger partial charge on any atom is 0.360 e. The van der Waals surface area contributed by atoms with E-state index in [0.717, 1.165) is 18.7 Å². The molecule has 5 heteroatoms. The molecular formula is C27H50N3O2+. The van der Waals surface area contributed by atoms with Crippen LogP contribution in [-0.2, 0) is 4.79 Å². The maximum absolute atomic E-state index is 11.3. The Bertz CT molecular complexity index is 571. The molecule has 0 aromatic carbocycles. The number of nitrogens with zero attached hydrogens (tertiary/aromatic N) is 2. The van der Waals surface area contributed by atoms with Crippen molar-refractivity contribution in [2.45, 2.75) is 116 Å². The van der Waals surface area contributed by atoms with Crippen molar-refractivity contribution in [3.8, 4) is 0 Å². The Hall–Kier alpha value is -1.46. The molecule has 0 aromatic rings. The Morgan fingerprint density at radius 2 is 1.44 bits per heavy atom. The van der Waals surface area contributed by atoms with E-state index in [1.165, 1.54) is 96.3 Å². The molecule has 0 aromatic heterocycles. The van der Waals surface area contributed by atoms with Crippen molar-refractivity contribution in [2.24, 2.45) is 10.7 Å². The highest BCUT2D eigenvalue weighted by atomic mass is 16.4. The summed E-state index contributed by atoms with van der Waals surface area (Å²) in [4.78, 5) is 15.7. The van der Waals surface area contributed by atoms with Crippen LogP contribution in [0.4, 0.5) is 0 Å². The number of carboxylic acids is 1. The minimum Gasteiger partial charge on any atom is -0.477 e. The molecule has 5 nitrogen and oxygen atoms in total. The van der Waals surface area contributed by atoms with Crippen LogP contribution in [0.25, 0.3) is 0 Å². The molecule has 3 N–H and O–H groups in total. The molecule has 1 heterocycles. The van der Waals surface area contributed by atoms with E-state index in [1.807, 2.05) is 6.20 Å².